The largest absolute Gasteiger partial charge is 0.476 e. The number of H-pyrrole nitrogens is 1. The number of aromatic amines is 1. The predicted octanol–water partition coefficient (Wildman–Crippen LogP) is 1.64. The Morgan fingerprint density at radius 1 is 1.33 bits per heavy atom. The molecule has 0 spiro atoms. The number of halogens is 3. The summed E-state index contributed by atoms with van der Waals surface area (Å²) in [6, 6.07) is 2.37. The lowest BCUT2D eigenvalue weighted by molar-refractivity contribution is -0.137. The number of aromatic nitrogens is 2. The van der Waals surface area contributed by atoms with Crippen LogP contribution in [0.4, 0.5) is 13.2 Å². The third kappa shape index (κ3) is 2.04. The minimum atomic E-state index is -4.57. The van der Waals surface area contributed by atoms with Crippen molar-refractivity contribution in [2.75, 3.05) is 0 Å². The second-order valence-electron chi connectivity index (χ2n) is 3.45. The van der Waals surface area contributed by atoms with Gasteiger partial charge in [0, 0.05) is 5.39 Å². The van der Waals surface area contributed by atoms with Gasteiger partial charge in [0.05, 0.1) is 11.1 Å². The molecule has 18 heavy (non-hydrogen) atoms. The maximum atomic E-state index is 12.5. The Bertz CT molecular complexity index is 691. The molecule has 2 aromatic rings. The van der Waals surface area contributed by atoms with E-state index >= 15 is 0 Å². The third-order valence-corrected chi connectivity index (χ3v) is 2.26. The monoisotopic (exact) mass is 258 g/mol. The molecule has 1 aromatic carbocycles. The Kier molecular flexibility index (Phi) is 2.57. The lowest BCUT2D eigenvalue weighted by atomic mass is 10.1. The lowest BCUT2D eigenvalue weighted by Crippen LogP contribution is -2.17. The molecule has 0 saturated heterocycles. The van der Waals surface area contributed by atoms with E-state index in [1.165, 1.54) is 0 Å². The van der Waals surface area contributed by atoms with Crippen LogP contribution in [0.15, 0.2) is 23.0 Å². The van der Waals surface area contributed by atoms with Crippen molar-refractivity contribution in [3.63, 3.8) is 0 Å². The van der Waals surface area contributed by atoms with Crippen molar-refractivity contribution in [2.45, 2.75) is 6.18 Å². The van der Waals surface area contributed by atoms with E-state index in [1.54, 1.807) is 0 Å². The normalized spacial score (nSPS) is 11.7. The SMILES string of the molecule is O=C(O)c1nc(=O)[nH]c2cc(C(F)(F)F)ccc12. The third-order valence-electron chi connectivity index (χ3n) is 2.26. The van der Waals surface area contributed by atoms with Gasteiger partial charge in [-0.2, -0.15) is 18.2 Å². The van der Waals surface area contributed by atoms with Crippen LogP contribution in [0.3, 0.4) is 0 Å². The van der Waals surface area contributed by atoms with Gasteiger partial charge in [0.2, 0.25) is 0 Å². The second-order valence-corrected chi connectivity index (χ2v) is 3.45. The summed E-state index contributed by atoms with van der Waals surface area (Å²) in [5.41, 5.74) is -2.79. The van der Waals surface area contributed by atoms with Crippen LogP contribution in [0.2, 0.25) is 0 Å². The number of rotatable bonds is 1. The number of carbonyl (C=O) groups is 1. The lowest BCUT2D eigenvalue weighted by Gasteiger charge is -2.08. The average molecular weight is 258 g/mol. The van der Waals surface area contributed by atoms with Crippen LogP contribution in [0.1, 0.15) is 16.1 Å². The van der Waals surface area contributed by atoms with Gasteiger partial charge in [-0.15, -0.1) is 0 Å². The van der Waals surface area contributed by atoms with E-state index in [0.29, 0.717) is 6.07 Å². The van der Waals surface area contributed by atoms with Gasteiger partial charge in [-0.1, -0.05) is 0 Å². The fraction of sp³-hybridized carbons (Fsp3) is 0.100. The van der Waals surface area contributed by atoms with Crippen molar-refractivity contribution < 1.29 is 23.1 Å². The van der Waals surface area contributed by atoms with Crippen LogP contribution in [0.5, 0.6) is 0 Å². The number of fused-ring (bicyclic) bond motifs is 1. The van der Waals surface area contributed by atoms with E-state index in [-0.39, 0.29) is 10.9 Å². The molecule has 0 fully saturated rings. The quantitative estimate of drug-likeness (QED) is 0.814. The highest BCUT2D eigenvalue weighted by Crippen LogP contribution is 2.31. The Morgan fingerprint density at radius 3 is 2.56 bits per heavy atom. The number of nitrogens with one attached hydrogen (secondary N) is 1. The number of hydrogen-bond donors (Lipinski definition) is 2. The first-order chi connectivity index (χ1) is 8.29. The van der Waals surface area contributed by atoms with Crippen molar-refractivity contribution in [2.24, 2.45) is 0 Å². The molecule has 0 radical (unpaired) electrons. The summed E-state index contributed by atoms with van der Waals surface area (Å²) in [6.07, 6.45) is -4.57. The first kappa shape index (κ1) is 12.1. The maximum Gasteiger partial charge on any atom is 0.416 e. The molecule has 0 atom stereocenters. The maximum absolute atomic E-state index is 12.5. The minimum absolute atomic E-state index is 0.0601. The highest BCUT2D eigenvalue weighted by atomic mass is 19.4. The molecule has 94 valence electrons. The Hall–Kier alpha value is -2.38. The van der Waals surface area contributed by atoms with Gasteiger partial charge < -0.3 is 10.1 Å². The molecule has 1 heterocycles. The summed E-state index contributed by atoms with van der Waals surface area (Å²) in [6.45, 7) is 0. The van der Waals surface area contributed by atoms with Gasteiger partial charge >= 0.3 is 17.8 Å². The smallest absolute Gasteiger partial charge is 0.416 e. The molecule has 0 aliphatic carbocycles. The molecule has 2 N–H and O–H groups in total. The van der Waals surface area contributed by atoms with E-state index in [2.05, 4.69) is 9.97 Å². The standard InChI is InChI=1S/C10H5F3N2O3/c11-10(12,13)4-1-2-5-6(3-4)14-9(18)15-7(5)8(16)17/h1-3H,(H,16,17)(H,14,15,18). The van der Waals surface area contributed by atoms with E-state index in [9.17, 15) is 22.8 Å². The molecule has 0 unspecified atom stereocenters. The highest BCUT2D eigenvalue weighted by Gasteiger charge is 2.30. The Labute approximate surface area is 96.9 Å². The topological polar surface area (TPSA) is 83.0 Å². The fourth-order valence-corrected chi connectivity index (χ4v) is 1.50. The molecule has 0 amide bonds. The zero-order chi connectivity index (χ0) is 13.5. The molecule has 2 rings (SSSR count). The minimum Gasteiger partial charge on any atom is -0.476 e. The first-order valence-electron chi connectivity index (χ1n) is 4.63. The molecular formula is C10H5F3N2O3. The van der Waals surface area contributed by atoms with Gasteiger partial charge in [0.25, 0.3) is 0 Å². The Morgan fingerprint density at radius 2 is 2.00 bits per heavy atom. The van der Waals surface area contributed by atoms with Crippen molar-refractivity contribution >= 4 is 16.9 Å². The van der Waals surface area contributed by atoms with Crippen molar-refractivity contribution in [1.82, 2.24) is 9.97 Å². The van der Waals surface area contributed by atoms with Crippen molar-refractivity contribution in [3.05, 3.63) is 39.9 Å². The van der Waals surface area contributed by atoms with Gasteiger partial charge in [0.1, 0.15) is 0 Å². The number of benzene rings is 1. The van der Waals surface area contributed by atoms with E-state index in [0.717, 1.165) is 12.1 Å². The molecule has 0 bridgehead atoms. The van der Waals surface area contributed by atoms with Crippen LogP contribution >= 0.6 is 0 Å². The first-order valence-corrected chi connectivity index (χ1v) is 4.63. The summed E-state index contributed by atoms with van der Waals surface area (Å²) in [5.74, 6) is -1.48. The molecule has 0 aliphatic heterocycles. The average Bonchev–Trinajstić information content (AvgIpc) is 2.25. The number of carboxylic acids is 1. The van der Waals surface area contributed by atoms with Crippen molar-refractivity contribution in [3.8, 4) is 0 Å². The van der Waals surface area contributed by atoms with Gasteiger partial charge in [-0.05, 0) is 18.2 Å². The van der Waals surface area contributed by atoms with E-state index in [4.69, 9.17) is 5.11 Å². The second kappa shape index (κ2) is 3.83. The number of aromatic carboxylic acids is 1. The highest BCUT2D eigenvalue weighted by molar-refractivity contribution is 6.00. The summed E-state index contributed by atoms with van der Waals surface area (Å²) < 4.78 is 37.4. The van der Waals surface area contributed by atoms with Crippen LogP contribution in [0.25, 0.3) is 10.9 Å². The molecule has 8 heteroatoms. The number of carboxylic acid groups (broad SMARTS) is 1. The summed E-state index contributed by atoms with van der Waals surface area (Å²) >= 11 is 0. The molecule has 1 aromatic heterocycles. The fourth-order valence-electron chi connectivity index (χ4n) is 1.50. The van der Waals surface area contributed by atoms with Crippen LogP contribution in [-0.2, 0) is 6.18 Å². The van der Waals surface area contributed by atoms with Crippen LogP contribution in [-0.4, -0.2) is 21.0 Å². The summed E-state index contributed by atoms with van der Waals surface area (Å²) in [4.78, 5) is 27.1. The zero-order valence-electron chi connectivity index (χ0n) is 8.58. The van der Waals surface area contributed by atoms with Crippen molar-refractivity contribution in [1.29, 1.82) is 0 Å². The van der Waals surface area contributed by atoms with Gasteiger partial charge in [-0.3, -0.25) is 0 Å². The van der Waals surface area contributed by atoms with E-state index in [1.807, 2.05) is 0 Å². The van der Waals surface area contributed by atoms with Gasteiger partial charge in [-0.25, -0.2) is 9.59 Å². The predicted molar refractivity (Wildman–Crippen MR) is 54.3 cm³/mol. The molecule has 5 nitrogen and oxygen atoms in total. The molecule has 0 aliphatic rings. The number of hydrogen-bond acceptors (Lipinski definition) is 3. The number of nitrogens with zero attached hydrogens (tertiary/aromatic N) is 1. The van der Waals surface area contributed by atoms with E-state index < -0.39 is 29.1 Å². The summed E-state index contributed by atoms with van der Waals surface area (Å²) in [7, 11) is 0. The van der Waals surface area contributed by atoms with Gasteiger partial charge in [0.15, 0.2) is 5.69 Å². The van der Waals surface area contributed by atoms with Crippen LogP contribution < -0.4 is 5.69 Å². The van der Waals surface area contributed by atoms with Crippen LogP contribution in [0, 0.1) is 0 Å². The molecule has 0 saturated carbocycles. The number of alkyl halides is 3. The zero-order valence-corrected chi connectivity index (χ0v) is 8.58. The molecular weight excluding hydrogens is 253 g/mol. The summed E-state index contributed by atoms with van der Waals surface area (Å²) in [5, 5.41) is 8.74. The Balaban J connectivity index is 2.80.